The fourth-order valence-electron chi connectivity index (χ4n) is 4.86. The van der Waals surface area contributed by atoms with E-state index in [4.69, 9.17) is 27.7 Å². The molecule has 1 atom stereocenters. The highest BCUT2D eigenvalue weighted by molar-refractivity contribution is 6.30. The van der Waals surface area contributed by atoms with Crippen LogP contribution in [0.4, 0.5) is 0 Å². The second kappa shape index (κ2) is 12.9. The number of halogens is 1. The van der Waals surface area contributed by atoms with Crippen LogP contribution in [-0.2, 0) is 11.3 Å². The summed E-state index contributed by atoms with van der Waals surface area (Å²) in [5, 5.41) is 9.26. The number of ether oxygens (including phenoxy) is 1. The number of carbonyl (C=O) groups excluding carboxylic acids is 2. The van der Waals surface area contributed by atoms with Crippen molar-refractivity contribution in [3.8, 4) is 5.75 Å². The van der Waals surface area contributed by atoms with Crippen molar-refractivity contribution in [2.45, 2.75) is 72.1 Å². The molecule has 1 aliphatic rings. The fourth-order valence-corrected chi connectivity index (χ4v) is 4.99. The van der Waals surface area contributed by atoms with Gasteiger partial charge in [-0.15, -0.1) is 10.2 Å². The smallest absolute Gasteiger partial charge is 0.265 e. The summed E-state index contributed by atoms with van der Waals surface area (Å²) in [6.07, 6.45) is 3.31. The van der Waals surface area contributed by atoms with Gasteiger partial charge >= 0.3 is 0 Å². The molecule has 204 valence electrons. The van der Waals surface area contributed by atoms with Gasteiger partial charge in [-0.2, -0.15) is 0 Å². The Morgan fingerprint density at radius 3 is 2.24 bits per heavy atom. The number of guanidine groups is 1. The molecule has 2 amide bonds. The lowest BCUT2D eigenvalue weighted by molar-refractivity contribution is -0.142. The topological polar surface area (TPSA) is 133 Å². The number of benzene rings is 2. The largest absolute Gasteiger partial charge is 0.481 e. The first kappa shape index (κ1) is 29.1. The van der Waals surface area contributed by atoms with Crippen molar-refractivity contribution in [3.05, 3.63) is 64.7 Å². The average Bonchev–Trinajstić information content (AvgIpc) is 2.91. The minimum absolute atomic E-state index is 0.0816. The molecule has 4 N–H and O–H groups in total. The van der Waals surface area contributed by atoms with Gasteiger partial charge in [-0.25, -0.2) is 5.53 Å². The van der Waals surface area contributed by atoms with Crippen molar-refractivity contribution in [2.75, 3.05) is 0 Å². The number of nitrogens with two attached hydrogens (primary N) is 1. The average molecular weight is 541 g/mol. The molecule has 2 aromatic rings. The van der Waals surface area contributed by atoms with Gasteiger partial charge in [-0.3, -0.25) is 14.9 Å². The van der Waals surface area contributed by atoms with Gasteiger partial charge < -0.3 is 15.5 Å². The summed E-state index contributed by atoms with van der Waals surface area (Å²) in [4.78, 5) is 28.0. The lowest BCUT2D eigenvalue weighted by Gasteiger charge is -2.41. The van der Waals surface area contributed by atoms with Crippen molar-refractivity contribution in [1.29, 1.82) is 5.53 Å². The SMILES string of the molecule is CC(Oc1ccc(Cl)cc1)C(=O)N(Cc1ccc(C(=O)N/C(N=N)=N/N)cc1)C1CCC(C(C)(C)C)CC1. The maximum absolute atomic E-state index is 13.7. The van der Waals surface area contributed by atoms with Gasteiger partial charge in [0.15, 0.2) is 6.10 Å². The highest BCUT2D eigenvalue weighted by atomic mass is 35.5. The minimum atomic E-state index is -0.677. The number of amides is 2. The number of nitrogens with zero attached hydrogens (tertiary/aromatic N) is 3. The number of hydrogen-bond acceptors (Lipinski definition) is 6. The molecular formula is C28H37ClN6O3. The summed E-state index contributed by atoms with van der Waals surface area (Å²) >= 11 is 5.99. The van der Waals surface area contributed by atoms with E-state index < -0.39 is 12.0 Å². The fraction of sp³-hybridized carbons (Fsp3) is 0.464. The first-order valence-corrected chi connectivity index (χ1v) is 13.2. The van der Waals surface area contributed by atoms with Crippen molar-refractivity contribution in [2.24, 2.45) is 27.4 Å². The first-order valence-electron chi connectivity index (χ1n) is 12.8. The van der Waals surface area contributed by atoms with E-state index in [1.165, 1.54) is 0 Å². The third-order valence-corrected chi connectivity index (χ3v) is 7.39. The molecule has 9 nitrogen and oxygen atoms in total. The van der Waals surface area contributed by atoms with Crippen LogP contribution in [0.15, 0.2) is 58.7 Å². The molecule has 3 rings (SSSR count). The van der Waals surface area contributed by atoms with Crippen LogP contribution < -0.4 is 15.9 Å². The minimum Gasteiger partial charge on any atom is -0.481 e. The van der Waals surface area contributed by atoms with Crippen LogP contribution in [0.1, 0.15) is 69.3 Å². The molecule has 2 aromatic carbocycles. The molecule has 38 heavy (non-hydrogen) atoms. The van der Waals surface area contributed by atoms with Crippen LogP contribution in [0.5, 0.6) is 5.75 Å². The Bertz CT molecular complexity index is 1140. The molecule has 0 spiro atoms. The van der Waals surface area contributed by atoms with Gasteiger partial charge in [-0.05, 0) is 85.9 Å². The number of hydrazone groups is 1. The van der Waals surface area contributed by atoms with Crippen LogP contribution in [0.3, 0.4) is 0 Å². The van der Waals surface area contributed by atoms with E-state index in [0.717, 1.165) is 31.2 Å². The highest BCUT2D eigenvalue weighted by Gasteiger charge is 2.35. The van der Waals surface area contributed by atoms with Crippen LogP contribution >= 0.6 is 11.6 Å². The van der Waals surface area contributed by atoms with Gasteiger partial charge in [0.1, 0.15) is 5.75 Å². The lowest BCUT2D eigenvalue weighted by Crippen LogP contribution is -2.47. The Morgan fingerprint density at radius 2 is 1.71 bits per heavy atom. The lowest BCUT2D eigenvalue weighted by atomic mass is 9.71. The van der Waals surface area contributed by atoms with E-state index in [9.17, 15) is 9.59 Å². The van der Waals surface area contributed by atoms with Crippen molar-refractivity contribution < 1.29 is 14.3 Å². The van der Waals surface area contributed by atoms with Gasteiger partial charge in [0.25, 0.3) is 17.8 Å². The van der Waals surface area contributed by atoms with E-state index in [-0.39, 0.29) is 23.3 Å². The summed E-state index contributed by atoms with van der Waals surface area (Å²) in [7, 11) is 0. The zero-order valence-corrected chi connectivity index (χ0v) is 23.2. The second-order valence-corrected chi connectivity index (χ2v) is 11.2. The number of nitrogens with one attached hydrogen (secondary N) is 2. The van der Waals surface area contributed by atoms with Crippen molar-refractivity contribution in [1.82, 2.24) is 10.2 Å². The zero-order valence-electron chi connectivity index (χ0n) is 22.4. The van der Waals surface area contributed by atoms with E-state index in [0.29, 0.717) is 28.8 Å². The zero-order chi connectivity index (χ0) is 27.9. The first-order chi connectivity index (χ1) is 18.0. The Hall–Kier alpha value is -3.46. The molecule has 0 saturated heterocycles. The molecule has 10 heteroatoms. The quantitative estimate of drug-likeness (QED) is 0.136. The molecule has 1 aliphatic carbocycles. The van der Waals surface area contributed by atoms with Gasteiger partial charge in [0, 0.05) is 23.2 Å². The van der Waals surface area contributed by atoms with Gasteiger partial charge in [0.2, 0.25) is 0 Å². The summed E-state index contributed by atoms with van der Waals surface area (Å²) in [6.45, 7) is 9.01. The van der Waals surface area contributed by atoms with Crippen LogP contribution in [0, 0.1) is 16.9 Å². The maximum atomic E-state index is 13.7. The molecule has 1 unspecified atom stereocenters. The molecule has 0 heterocycles. The van der Waals surface area contributed by atoms with Crippen molar-refractivity contribution >= 4 is 29.4 Å². The molecule has 0 aromatic heterocycles. The van der Waals surface area contributed by atoms with Crippen LogP contribution in [0.25, 0.3) is 0 Å². The second-order valence-electron chi connectivity index (χ2n) is 10.8. The predicted octanol–water partition coefficient (Wildman–Crippen LogP) is 5.73. The summed E-state index contributed by atoms with van der Waals surface area (Å²) < 4.78 is 5.98. The predicted molar refractivity (Wildman–Crippen MR) is 148 cm³/mol. The summed E-state index contributed by atoms with van der Waals surface area (Å²) in [5.74, 6) is 5.47. The monoisotopic (exact) mass is 540 g/mol. The summed E-state index contributed by atoms with van der Waals surface area (Å²) in [5.41, 5.74) is 8.47. The Balaban J connectivity index is 1.77. The number of carbonyl (C=O) groups is 2. The third kappa shape index (κ3) is 7.77. The van der Waals surface area contributed by atoms with Crippen molar-refractivity contribution in [3.63, 3.8) is 0 Å². The molecule has 1 fully saturated rings. The number of rotatable bonds is 7. The third-order valence-electron chi connectivity index (χ3n) is 7.14. The Morgan fingerprint density at radius 1 is 1.11 bits per heavy atom. The molecule has 1 saturated carbocycles. The van der Waals surface area contributed by atoms with Gasteiger partial charge in [-0.1, -0.05) is 44.5 Å². The maximum Gasteiger partial charge on any atom is 0.265 e. The van der Waals surface area contributed by atoms with E-state index in [1.54, 1.807) is 43.3 Å². The van der Waals surface area contributed by atoms with Gasteiger partial charge in [0.05, 0.1) is 0 Å². The van der Waals surface area contributed by atoms with Crippen LogP contribution in [-0.4, -0.2) is 34.8 Å². The Kier molecular flexibility index (Phi) is 9.85. The highest BCUT2D eigenvalue weighted by Crippen LogP contribution is 2.39. The van der Waals surface area contributed by atoms with E-state index >= 15 is 0 Å². The molecule has 0 bridgehead atoms. The number of hydrogen-bond donors (Lipinski definition) is 3. The summed E-state index contributed by atoms with van der Waals surface area (Å²) in [6, 6.07) is 14.0. The van der Waals surface area contributed by atoms with Crippen LogP contribution in [0.2, 0.25) is 5.02 Å². The molecule has 0 aliphatic heterocycles. The standard InChI is InChI=1S/C28H37ClN6O3/c1-18(38-24-15-11-22(29)12-16-24)26(37)35(23-13-9-21(10-14-23)28(2,3)4)17-19-5-7-20(8-6-19)25(36)32-27(33-30)34-31/h5-8,11-12,15-16,18,21,23,30H,9-10,13-14,17,31H2,1-4H3,(H,32,34,36). The van der Waals surface area contributed by atoms with E-state index in [2.05, 4.69) is 36.3 Å². The Labute approximate surface area is 229 Å². The van der Waals surface area contributed by atoms with E-state index in [1.807, 2.05) is 17.0 Å². The molecule has 0 radical (unpaired) electrons. The normalized spacial score (nSPS) is 18.8. The molecular weight excluding hydrogens is 504 g/mol.